The highest BCUT2D eigenvalue weighted by Crippen LogP contribution is 2.33. The number of carbonyl (C=O) groups is 1. The minimum Gasteiger partial charge on any atom is -0.374 e. The van der Waals surface area contributed by atoms with Crippen molar-refractivity contribution in [1.29, 1.82) is 0 Å². The molecule has 0 aliphatic carbocycles. The van der Waals surface area contributed by atoms with Gasteiger partial charge in [-0.25, -0.2) is 9.97 Å². The Kier molecular flexibility index (Phi) is 8.79. The molecule has 0 aliphatic heterocycles. The second-order valence-corrected chi connectivity index (χ2v) is 9.41. The van der Waals surface area contributed by atoms with E-state index < -0.39 is 6.23 Å². The van der Waals surface area contributed by atoms with Crippen molar-refractivity contribution in [1.82, 2.24) is 29.9 Å². The van der Waals surface area contributed by atoms with E-state index in [2.05, 4.69) is 67.1 Å². The molecule has 3 N–H and O–H groups in total. The molecule has 9 nitrogen and oxygen atoms in total. The molecule has 4 rings (SSSR count). The Labute approximate surface area is 216 Å². The summed E-state index contributed by atoms with van der Waals surface area (Å²) in [6.45, 7) is 7.66. The first-order chi connectivity index (χ1) is 16.3. The summed E-state index contributed by atoms with van der Waals surface area (Å²) in [4.78, 5) is 27.4. The minimum atomic E-state index is -0.999. The predicted molar refractivity (Wildman–Crippen MR) is 144 cm³/mol. The van der Waals surface area contributed by atoms with Crippen molar-refractivity contribution in [2.24, 2.45) is 5.92 Å². The summed E-state index contributed by atoms with van der Waals surface area (Å²) in [6, 6.07) is 5.66. The van der Waals surface area contributed by atoms with Crippen LogP contribution < -0.4 is 10.2 Å². The first kappa shape index (κ1) is 26.3. The van der Waals surface area contributed by atoms with Gasteiger partial charge in [-0.15, -0.1) is 11.3 Å². The Balaban J connectivity index is 0.00000158. The minimum absolute atomic E-state index is 0.0296. The monoisotopic (exact) mass is 595 g/mol. The number of halogens is 1. The molecule has 11 heteroatoms. The Morgan fingerprint density at radius 3 is 2.59 bits per heavy atom. The van der Waals surface area contributed by atoms with E-state index in [1.54, 1.807) is 35.5 Å². The number of carbonyl (C=O) groups excluding carboxylic acids is 1. The molecule has 4 aromatic rings. The maximum absolute atomic E-state index is 12.8. The van der Waals surface area contributed by atoms with Crippen LogP contribution in [0.4, 0.5) is 5.69 Å². The van der Waals surface area contributed by atoms with Crippen LogP contribution in [0.5, 0.6) is 0 Å². The van der Waals surface area contributed by atoms with Gasteiger partial charge in [0.15, 0.2) is 5.65 Å². The molecule has 2 atom stereocenters. The summed E-state index contributed by atoms with van der Waals surface area (Å²) < 4.78 is 1.93. The van der Waals surface area contributed by atoms with Crippen molar-refractivity contribution in [3.05, 3.63) is 53.2 Å². The van der Waals surface area contributed by atoms with E-state index >= 15 is 0 Å². The number of amides is 1. The smallest absolute Gasteiger partial charge is 0.229 e. The average Bonchev–Trinajstić information content (AvgIpc) is 3.59. The van der Waals surface area contributed by atoms with Crippen molar-refractivity contribution >= 4 is 51.2 Å². The van der Waals surface area contributed by atoms with Gasteiger partial charge in [0.05, 0.1) is 28.5 Å². The number of nitrogens with one attached hydrogen (secondary N) is 2. The molecule has 1 unspecified atom stereocenters. The number of hydrogen-bond acceptors (Lipinski definition) is 7. The summed E-state index contributed by atoms with van der Waals surface area (Å²) >= 11 is 3.82. The number of aromatic nitrogens is 5. The second kappa shape index (κ2) is 11.4. The Hall–Kier alpha value is -2.35. The predicted octanol–water partition coefficient (Wildman–Crippen LogP) is 4.50. The van der Waals surface area contributed by atoms with Gasteiger partial charge >= 0.3 is 0 Å². The molecule has 0 spiro atoms. The Bertz CT molecular complexity index is 1240. The highest BCUT2D eigenvalue weighted by molar-refractivity contribution is 14.1. The molecule has 0 bridgehead atoms. The molecular weight excluding hydrogens is 565 g/mol. The fourth-order valence-electron chi connectivity index (χ4n) is 3.58. The molecule has 1 amide bonds. The van der Waals surface area contributed by atoms with Gasteiger partial charge in [-0.1, -0.05) is 36.4 Å². The zero-order chi connectivity index (χ0) is 25.0. The third-order valence-electron chi connectivity index (χ3n) is 5.35. The third-order valence-corrected chi connectivity index (χ3v) is 6.38. The molecule has 4 aromatic heterocycles. The zero-order valence-electron chi connectivity index (χ0n) is 20.1. The van der Waals surface area contributed by atoms with E-state index in [1.165, 1.54) is 11.2 Å². The number of H-pyrrole nitrogens is 1. The fraction of sp³-hybridized carbons (Fsp3) is 0.391. The van der Waals surface area contributed by atoms with E-state index in [0.717, 1.165) is 10.6 Å². The van der Waals surface area contributed by atoms with Crippen LogP contribution in [0.1, 0.15) is 49.3 Å². The molecule has 4 heterocycles. The van der Waals surface area contributed by atoms with Crippen LogP contribution in [0.3, 0.4) is 0 Å². The lowest BCUT2D eigenvalue weighted by Crippen LogP contribution is -2.31. The number of hydrogen-bond donors (Lipinski definition) is 3. The topological polar surface area (TPSA) is 111 Å². The van der Waals surface area contributed by atoms with E-state index in [-0.39, 0.29) is 17.9 Å². The van der Waals surface area contributed by atoms with Gasteiger partial charge in [-0.3, -0.25) is 19.6 Å². The zero-order valence-corrected chi connectivity index (χ0v) is 23.0. The number of alkyl halides is 1. The van der Waals surface area contributed by atoms with Gasteiger partial charge in [-0.2, -0.15) is 5.10 Å². The molecule has 0 aromatic carbocycles. The standard InChI is InChI=1S/C22H27N7O2S.CH3I/c1-12(2)22(31)28(5)16-8-15(21(30)26-14(4)19-24-11-25-27-19)10-29-17(9-23-20(16)29)18-7-6-13(3)32-18;1-2/h6-12,14,21,26,30H,1-5H3,(H,24,25,27);1H3/t14-,21?;/m0./s1. The maximum Gasteiger partial charge on any atom is 0.229 e. The van der Waals surface area contributed by atoms with Gasteiger partial charge in [-0.05, 0) is 37.0 Å². The number of aromatic amines is 1. The van der Waals surface area contributed by atoms with Crippen molar-refractivity contribution in [3.8, 4) is 10.6 Å². The van der Waals surface area contributed by atoms with Crippen molar-refractivity contribution in [2.75, 3.05) is 16.9 Å². The summed E-state index contributed by atoms with van der Waals surface area (Å²) in [5.74, 6) is 0.417. The number of thiophene rings is 1. The lowest BCUT2D eigenvalue weighted by molar-refractivity contribution is -0.121. The number of aliphatic hydroxyl groups is 1. The number of fused-ring (bicyclic) bond motifs is 1. The first-order valence-corrected chi connectivity index (χ1v) is 13.8. The number of pyridine rings is 1. The quantitative estimate of drug-likeness (QED) is 0.165. The van der Waals surface area contributed by atoms with E-state index in [9.17, 15) is 9.90 Å². The molecule has 0 aliphatic rings. The number of nitrogens with zero attached hydrogens (tertiary/aromatic N) is 5. The molecule has 0 fully saturated rings. The first-order valence-electron chi connectivity index (χ1n) is 10.8. The number of rotatable bonds is 7. The molecule has 0 saturated heterocycles. The van der Waals surface area contributed by atoms with Gasteiger partial charge in [0.25, 0.3) is 0 Å². The molecule has 182 valence electrons. The van der Waals surface area contributed by atoms with Crippen LogP contribution in [0, 0.1) is 12.8 Å². The molecule has 0 saturated carbocycles. The Morgan fingerprint density at radius 1 is 1.26 bits per heavy atom. The summed E-state index contributed by atoms with van der Waals surface area (Å²) in [5.41, 5.74) is 2.80. The van der Waals surface area contributed by atoms with Crippen LogP contribution >= 0.6 is 33.9 Å². The summed E-state index contributed by atoms with van der Waals surface area (Å²) in [6.07, 6.45) is 4.09. The lowest BCUT2D eigenvalue weighted by atomic mass is 10.1. The summed E-state index contributed by atoms with van der Waals surface area (Å²) in [7, 11) is 1.74. The van der Waals surface area contributed by atoms with E-state index in [0.29, 0.717) is 22.7 Å². The SMILES string of the molecule is CI.Cc1ccc(-c2cnc3c(N(C)C(=O)C(C)C)cc(C(O)N[C@@H](C)c4ncn[nH]4)cn23)s1. The highest BCUT2D eigenvalue weighted by atomic mass is 127. The Morgan fingerprint density at radius 2 is 2.00 bits per heavy atom. The molecule has 0 radical (unpaired) electrons. The average molecular weight is 596 g/mol. The maximum atomic E-state index is 12.8. The van der Waals surface area contributed by atoms with Gasteiger partial charge in [0, 0.05) is 29.6 Å². The van der Waals surface area contributed by atoms with Crippen LogP contribution in [0.15, 0.2) is 36.9 Å². The molecule has 34 heavy (non-hydrogen) atoms. The number of imidazole rings is 1. The van der Waals surface area contributed by atoms with Crippen LogP contribution in [0.2, 0.25) is 0 Å². The number of anilines is 1. The fourth-order valence-corrected chi connectivity index (χ4v) is 4.46. The van der Waals surface area contributed by atoms with Crippen LogP contribution in [-0.4, -0.2) is 47.6 Å². The van der Waals surface area contributed by atoms with Gasteiger partial charge < -0.3 is 10.0 Å². The normalized spacial score (nSPS) is 13.0. The van der Waals surface area contributed by atoms with E-state index in [1.807, 2.05) is 36.3 Å². The van der Waals surface area contributed by atoms with Crippen LogP contribution in [0.25, 0.3) is 16.2 Å². The van der Waals surface area contributed by atoms with Crippen molar-refractivity contribution < 1.29 is 9.90 Å². The summed E-state index contributed by atoms with van der Waals surface area (Å²) in [5, 5.41) is 20.8. The number of aliphatic hydroxyl groups excluding tert-OH is 1. The van der Waals surface area contributed by atoms with Gasteiger partial charge in [0.1, 0.15) is 18.4 Å². The van der Waals surface area contributed by atoms with Crippen molar-refractivity contribution in [2.45, 2.75) is 40.0 Å². The second-order valence-electron chi connectivity index (χ2n) is 8.12. The lowest BCUT2D eigenvalue weighted by Gasteiger charge is -2.23. The largest absolute Gasteiger partial charge is 0.374 e. The third kappa shape index (κ3) is 5.48. The molecular formula is C23H30IN7O2S. The van der Waals surface area contributed by atoms with E-state index in [4.69, 9.17) is 0 Å². The number of aryl methyl sites for hydroxylation is 1. The highest BCUT2D eigenvalue weighted by Gasteiger charge is 2.23. The van der Waals surface area contributed by atoms with Crippen molar-refractivity contribution in [3.63, 3.8) is 0 Å². The van der Waals surface area contributed by atoms with Crippen LogP contribution in [-0.2, 0) is 4.79 Å². The van der Waals surface area contributed by atoms with Gasteiger partial charge in [0.2, 0.25) is 5.91 Å².